The van der Waals surface area contributed by atoms with Crippen molar-refractivity contribution in [2.75, 3.05) is 6.61 Å². The zero-order valence-corrected chi connectivity index (χ0v) is 12.4. The summed E-state index contributed by atoms with van der Waals surface area (Å²) in [7, 11) is 0. The summed E-state index contributed by atoms with van der Waals surface area (Å²) in [5.41, 5.74) is 8.14. The first-order chi connectivity index (χ1) is 9.56. The fraction of sp³-hybridized carbons (Fsp3) is 0.250. The third kappa shape index (κ3) is 2.78. The van der Waals surface area contributed by atoms with Gasteiger partial charge in [-0.15, -0.1) is 0 Å². The number of rotatable bonds is 2. The van der Waals surface area contributed by atoms with E-state index in [9.17, 15) is 0 Å². The van der Waals surface area contributed by atoms with Crippen molar-refractivity contribution in [3.8, 4) is 5.75 Å². The lowest BCUT2D eigenvalue weighted by molar-refractivity contribution is 0.190. The molecule has 1 atom stereocenters. The highest BCUT2D eigenvalue weighted by Crippen LogP contribution is 2.32. The monoisotopic (exact) mass is 307 g/mol. The van der Waals surface area contributed by atoms with E-state index in [4.69, 9.17) is 33.7 Å². The van der Waals surface area contributed by atoms with Crippen LogP contribution < -0.4 is 10.5 Å². The fourth-order valence-electron chi connectivity index (χ4n) is 2.61. The second kappa shape index (κ2) is 5.28. The third-order valence-electron chi connectivity index (χ3n) is 3.58. The maximum absolute atomic E-state index is 6.50. The van der Waals surface area contributed by atoms with Gasteiger partial charge in [0.25, 0.3) is 0 Å². The van der Waals surface area contributed by atoms with Crippen molar-refractivity contribution >= 4 is 23.2 Å². The molecule has 4 heteroatoms. The van der Waals surface area contributed by atoms with Crippen molar-refractivity contribution in [1.29, 1.82) is 0 Å². The van der Waals surface area contributed by atoms with Crippen LogP contribution in [-0.2, 0) is 12.8 Å². The average Bonchev–Trinajstić information content (AvgIpc) is 2.42. The molecule has 0 saturated carbocycles. The molecule has 2 aromatic carbocycles. The summed E-state index contributed by atoms with van der Waals surface area (Å²) in [4.78, 5) is 0. The van der Waals surface area contributed by atoms with Crippen LogP contribution in [0.4, 0.5) is 0 Å². The Hall–Kier alpha value is -1.22. The van der Waals surface area contributed by atoms with E-state index in [1.54, 1.807) is 12.1 Å². The minimum atomic E-state index is -0.456. The van der Waals surface area contributed by atoms with E-state index in [1.165, 1.54) is 0 Å². The summed E-state index contributed by atoms with van der Waals surface area (Å²) in [6.07, 6.45) is 1.41. The highest BCUT2D eigenvalue weighted by atomic mass is 35.5. The van der Waals surface area contributed by atoms with E-state index in [1.807, 2.05) is 24.3 Å². The molecule has 1 unspecified atom stereocenters. The molecular formula is C16H15Cl2NO. The van der Waals surface area contributed by atoms with E-state index >= 15 is 0 Å². The zero-order valence-electron chi connectivity index (χ0n) is 10.9. The Morgan fingerprint density at radius 2 is 1.95 bits per heavy atom. The maximum Gasteiger partial charge on any atom is 0.122 e. The largest absolute Gasteiger partial charge is 0.491 e. The summed E-state index contributed by atoms with van der Waals surface area (Å²) < 4.78 is 5.78. The molecule has 1 aliphatic heterocycles. The van der Waals surface area contributed by atoms with Gasteiger partial charge in [-0.25, -0.2) is 0 Å². The van der Waals surface area contributed by atoms with E-state index in [-0.39, 0.29) is 0 Å². The molecular weight excluding hydrogens is 293 g/mol. The average molecular weight is 308 g/mol. The van der Waals surface area contributed by atoms with Gasteiger partial charge in [-0.05, 0) is 48.2 Å². The SMILES string of the molecule is NC1(Cc2cc(Cl)ccc2Cl)COc2ccccc2C1. The highest BCUT2D eigenvalue weighted by Gasteiger charge is 2.32. The summed E-state index contributed by atoms with van der Waals surface area (Å²) >= 11 is 12.3. The molecule has 0 spiro atoms. The number of ether oxygens (including phenoxy) is 1. The first-order valence-corrected chi connectivity index (χ1v) is 7.25. The Labute approximate surface area is 128 Å². The van der Waals surface area contributed by atoms with Crippen LogP contribution in [0.1, 0.15) is 11.1 Å². The van der Waals surface area contributed by atoms with Crippen LogP contribution in [0.5, 0.6) is 5.75 Å². The summed E-state index contributed by atoms with van der Waals surface area (Å²) in [5, 5.41) is 1.36. The lowest BCUT2D eigenvalue weighted by Crippen LogP contribution is -2.51. The summed E-state index contributed by atoms with van der Waals surface area (Å²) in [6, 6.07) is 13.5. The van der Waals surface area contributed by atoms with Crippen molar-refractivity contribution in [3.05, 3.63) is 63.6 Å². The van der Waals surface area contributed by atoms with Gasteiger partial charge in [0.05, 0.1) is 5.54 Å². The molecule has 104 valence electrons. The molecule has 2 N–H and O–H groups in total. The molecule has 2 nitrogen and oxygen atoms in total. The lowest BCUT2D eigenvalue weighted by Gasteiger charge is -2.35. The van der Waals surface area contributed by atoms with Crippen LogP contribution in [0, 0.1) is 0 Å². The maximum atomic E-state index is 6.50. The predicted octanol–water partition coefficient (Wildman–Crippen LogP) is 3.87. The summed E-state index contributed by atoms with van der Waals surface area (Å²) in [5.74, 6) is 0.922. The number of hydrogen-bond donors (Lipinski definition) is 1. The molecule has 0 radical (unpaired) electrons. The van der Waals surface area contributed by atoms with Crippen LogP contribution in [0.25, 0.3) is 0 Å². The van der Waals surface area contributed by atoms with Gasteiger partial charge in [-0.3, -0.25) is 0 Å². The number of para-hydroxylation sites is 1. The smallest absolute Gasteiger partial charge is 0.122 e. The van der Waals surface area contributed by atoms with Gasteiger partial charge in [-0.1, -0.05) is 41.4 Å². The van der Waals surface area contributed by atoms with E-state index < -0.39 is 5.54 Å². The Balaban J connectivity index is 1.86. The van der Waals surface area contributed by atoms with Crippen LogP contribution in [0.3, 0.4) is 0 Å². The molecule has 0 aromatic heterocycles. The molecule has 2 aromatic rings. The van der Waals surface area contributed by atoms with Crippen LogP contribution >= 0.6 is 23.2 Å². The molecule has 1 aliphatic rings. The standard InChI is InChI=1S/C16H15Cl2NO/c17-13-5-6-14(18)12(7-13)9-16(19)8-11-3-1-2-4-15(11)20-10-16/h1-7H,8-10,19H2. The Bertz CT molecular complexity index is 644. The number of fused-ring (bicyclic) bond motifs is 1. The van der Waals surface area contributed by atoms with Gasteiger partial charge in [0.2, 0.25) is 0 Å². The molecule has 3 rings (SSSR count). The van der Waals surface area contributed by atoms with E-state index in [0.29, 0.717) is 23.1 Å². The van der Waals surface area contributed by atoms with Gasteiger partial charge < -0.3 is 10.5 Å². The second-order valence-corrected chi connectivity index (χ2v) is 6.19. The predicted molar refractivity (Wildman–Crippen MR) is 82.7 cm³/mol. The van der Waals surface area contributed by atoms with E-state index in [0.717, 1.165) is 23.3 Å². The molecule has 0 fully saturated rings. The molecule has 0 amide bonds. The minimum Gasteiger partial charge on any atom is -0.491 e. The topological polar surface area (TPSA) is 35.2 Å². The van der Waals surface area contributed by atoms with Gasteiger partial charge in [0.1, 0.15) is 12.4 Å². The number of benzene rings is 2. The van der Waals surface area contributed by atoms with Crippen molar-refractivity contribution in [2.45, 2.75) is 18.4 Å². The quantitative estimate of drug-likeness (QED) is 0.914. The van der Waals surface area contributed by atoms with Gasteiger partial charge in [0, 0.05) is 10.0 Å². The van der Waals surface area contributed by atoms with E-state index in [2.05, 4.69) is 6.07 Å². The number of nitrogens with two attached hydrogens (primary N) is 1. The number of halogens is 2. The first-order valence-electron chi connectivity index (χ1n) is 6.49. The van der Waals surface area contributed by atoms with Crippen LogP contribution in [0.15, 0.2) is 42.5 Å². The highest BCUT2D eigenvalue weighted by molar-refractivity contribution is 6.33. The third-order valence-corrected chi connectivity index (χ3v) is 4.18. The van der Waals surface area contributed by atoms with Crippen molar-refractivity contribution in [2.24, 2.45) is 5.73 Å². The fourth-order valence-corrected chi connectivity index (χ4v) is 2.99. The Morgan fingerprint density at radius 3 is 2.80 bits per heavy atom. The van der Waals surface area contributed by atoms with Crippen LogP contribution in [0.2, 0.25) is 10.0 Å². The van der Waals surface area contributed by atoms with Gasteiger partial charge in [0.15, 0.2) is 0 Å². The van der Waals surface area contributed by atoms with Gasteiger partial charge in [-0.2, -0.15) is 0 Å². The van der Waals surface area contributed by atoms with Gasteiger partial charge >= 0.3 is 0 Å². The zero-order chi connectivity index (χ0) is 14.2. The molecule has 0 bridgehead atoms. The Morgan fingerprint density at radius 1 is 1.15 bits per heavy atom. The van der Waals surface area contributed by atoms with Crippen molar-refractivity contribution < 1.29 is 4.74 Å². The van der Waals surface area contributed by atoms with Crippen molar-refractivity contribution in [1.82, 2.24) is 0 Å². The molecule has 20 heavy (non-hydrogen) atoms. The molecule has 1 heterocycles. The molecule has 0 aliphatic carbocycles. The minimum absolute atomic E-state index is 0.456. The summed E-state index contributed by atoms with van der Waals surface area (Å²) in [6.45, 7) is 0.479. The normalized spacial score (nSPS) is 21.1. The lowest BCUT2D eigenvalue weighted by atomic mass is 9.84. The Kier molecular flexibility index (Phi) is 3.63. The first kappa shape index (κ1) is 13.7. The second-order valence-electron chi connectivity index (χ2n) is 5.35. The molecule has 0 saturated heterocycles. The van der Waals surface area contributed by atoms with Crippen LogP contribution in [-0.4, -0.2) is 12.1 Å². The van der Waals surface area contributed by atoms with Crippen molar-refractivity contribution in [3.63, 3.8) is 0 Å². The number of hydrogen-bond acceptors (Lipinski definition) is 2.